The number of carbonyl (C=O) groups excluding carboxylic acids is 1. The summed E-state index contributed by atoms with van der Waals surface area (Å²) >= 11 is 0. The van der Waals surface area contributed by atoms with Gasteiger partial charge in [0.05, 0.1) is 13.2 Å². The second-order valence-corrected chi connectivity index (χ2v) is 7.42. The Hall–Kier alpha value is -2.54. The zero-order chi connectivity index (χ0) is 20.1. The Labute approximate surface area is 165 Å². The maximum atomic E-state index is 13.2. The number of amides is 1. The molecule has 1 saturated heterocycles. The number of likely N-dealkylation sites (N-methyl/N-ethyl adjacent to an activating group) is 1. The average Bonchev–Trinajstić information content (AvgIpc) is 2.73. The van der Waals surface area contributed by atoms with E-state index < -0.39 is 0 Å². The topological polar surface area (TPSA) is 58.6 Å². The van der Waals surface area contributed by atoms with Crippen LogP contribution in [0, 0.1) is 11.7 Å². The standard InChI is InChI=1S/C21H27FN4O2/c1-15(2)19(12-16-4-6-17(22)7-5-16)25(3)21(27)18-13-20(24-14-23-18)26-8-10-28-11-9-26/h4-7,13-15,19H,8-12H2,1-3H3. The number of carbonyl (C=O) groups is 1. The van der Waals surface area contributed by atoms with Crippen LogP contribution < -0.4 is 4.90 Å². The van der Waals surface area contributed by atoms with Gasteiger partial charge in [-0.25, -0.2) is 14.4 Å². The molecule has 0 spiro atoms. The van der Waals surface area contributed by atoms with Crippen LogP contribution in [0.1, 0.15) is 29.9 Å². The molecule has 0 bridgehead atoms. The fourth-order valence-electron chi connectivity index (χ4n) is 3.44. The second kappa shape index (κ2) is 9.10. The van der Waals surface area contributed by atoms with Gasteiger partial charge in [0.15, 0.2) is 0 Å². The Kier molecular flexibility index (Phi) is 6.57. The fraction of sp³-hybridized carbons (Fsp3) is 0.476. The highest BCUT2D eigenvalue weighted by Crippen LogP contribution is 2.19. The number of benzene rings is 1. The zero-order valence-corrected chi connectivity index (χ0v) is 16.6. The van der Waals surface area contributed by atoms with Gasteiger partial charge in [-0.15, -0.1) is 0 Å². The first-order valence-corrected chi connectivity index (χ1v) is 9.62. The van der Waals surface area contributed by atoms with Gasteiger partial charge in [-0.2, -0.15) is 0 Å². The number of morpholine rings is 1. The van der Waals surface area contributed by atoms with Gasteiger partial charge in [0.2, 0.25) is 0 Å². The molecule has 0 N–H and O–H groups in total. The molecule has 3 rings (SSSR count). The highest BCUT2D eigenvalue weighted by Gasteiger charge is 2.26. The number of aromatic nitrogens is 2. The van der Waals surface area contributed by atoms with Gasteiger partial charge in [0.1, 0.15) is 23.7 Å². The third-order valence-corrected chi connectivity index (χ3v) is 5.15. The van der Waals surface area contributed by atoms with E-state index in [-0.39, 0.29) is 23.7 Å². The van der Waals surface area contributed by atoms with Crippen LogP contribution in [0.4, 0.5) is 10.2 Å². The maximum absolute atomic E-state index is 13.2. The van der Waals surface area contributed by atoms with E-state index in [2.05, 4.69) is 28.7 Å². The number of hydrogen-bond acceptors (Lipinski definition) is 5. The van der Waals surface area contributed by atoms with E-state index >= 15 is 0 Å². The van der Waals surface area contributed by atoms with E-state index in [9.17, 15) is 9.18 Å². The Bertz CT molecular complexity index is 791. The lowest BCUT2D eigenvalue weighted by molar-refractivity contribution is 0.0682. The van der Waals surface area contributed by atoms with Crippen molar-refractivity contribution in [3.8, 4) is 0 Å². The summed E-state index contributed by atoms with van der Waals surface area (Å²) in [6.45, 7) is 6.97. The molecule has 1 aromatic heterocycles. The Balaban J connectivity index is 1.76. The average molecular weight is 386 g/mol. The monoisotopic (exact) mass is 386 g/mol. The molecule has 2 aromatic rings. The maximum Gasteiger partial charge on any atom is 0.272 e. The van der Waals surface area contributed by atoms with Crippen molar-refractivity contribution in [1.82, 2.24) is 14.9 Å². The summed E-state index contributed by atoms with van der Waals surface area (Å²) in [5.41, 5.74) is 1.38. The van der Waals surface area contributed by atoms with Crippen LogP contribution in [0.25, 0.3) is 0 Å². The van der Waals surface area contributed by atoms with E-state index in [0.29, 0.717) is 25.3 Å². The third-order valence-electron chi connectivity index (χ3n) is 5.15. The highest BCUT2D eigenvalue weighted by molar-refractivity contribution is 5.93. The molecule has 0 aliphatic carbocycles. The summed E-state index contributed by atoms with van der Waals surface area (Å²) in [7, 11) is 1.80. The number of rotatable bonds is 6. The Morgan fingerprint density at radius 2 is 1.89 bits per heavy atom. The smallest absolute Gasteiger partial charge is 0.272 e. The van der Waals surface area contributed by atoms with Gasteiger partial charge in [0, 0.05) is 32.2 Å². The van der Waals surface area contributed by atoms with Crippen molar-refractivity contribution in [1.29, 1.82) is 0 Å². The number of anilines is 1. The number of nitrogens with zero attached hydrogens (tertiary/aromatic N) is 4. The Morgan fingerprint density at radius 1 is 1.21 bits per heavy atom. The predicted octanol–water partition coefficient (Wildman–Crippen LogP) is 2.79. The second-order valence-electron chi connectivity index (χ2n) is 7.42. The number of ether oxygens (including phenoxy) is 1. The van der Waals surface area contributed by atoms with Crippen molar-refractivity contribution in [2.75, 3.05) is 38.3 Å². The van der Waals surface area contributed by atoms with Gasteiger partial charge in [-0.1, -0.05) is 26.0 Å². The minimum atomic E-state index is -0.258. The van der Waals surface area contributed by atoms with E-state index in [0.717, 1.165) is 24.5 Å². The largest absolute Gasteiger partial charge is 0.378 e. The molecule has 6 nitrogen and oxygen atoms in total. The first kappa shape index (κ1) is 20.2. The van der Waals surface area contributed by atoms with Crippen molar-refractivity contribution >= 4 is 11.7 Å². The van der Waals surface area contributed by atoms with Gasteiger partial charge in [-0.05, 0) is 30.0 Å². The molecule has 0 radical (unpaired) electrons. The summed E-state index contributed by atoms with van der Waals surface area (Å²) in [5, 5.41) is 0. The molecule has 150 valence electrons. The van der Waals surface area contributed by atoms with Crippen molar-refractivity contribution < 1.29 is 13.9 Å². The van der Waals surface area contributed by atoms with Crippen molar-refractivity contribution in [2.45, 2.75) is 26.3 Å². The molecular weight excluding hydrogens is 359 g/mol. The number of hydrogen-bond donors (Lipinski definition) is 0. The van der Waals surface area contributed by atoms with Gasteiger partial charge < -0.3 is 14.5 Å². The lowest BCUT2D eigenvalue weighted by Gasteiger charge is -2.32. The normalized spacial score (nSPS) is 15.5. The van der Waals surface area contributed by atoms with Crippen molar-refractivity contribution in [3.63, 3.8) is 0 Å². The SMILES string of the molecule is CC(C)C(Cc1ccc(F)cc1)N(C)C(=O)c1cc(N2CCOCC2)ncn1. The van der Waals surface area contributed by atoms with Gasteiger partial charge >= 0.3 is 0 Å². The van der Waals surface area contributed by atoms with E-state index in [1.165, 1.54) is 18.5 Å². The Morgan fingerprint density at radius 3 is 2.54 bits per heavy atom. The van der Waals surface area contributed by atoms with E-state index in [1.807, 2.05) is 0 Å². The van der Waals surface area contributed by atoms with Gasteiger partial charge in [0.25, 0.3) is 5.91 Å². The minimum Gasteiger partial charge on any atom is -0.378 e. The van der Waals surface area contributed by atoms with Crippen LogP contribution in [0.2, 0.25) is 0 Å². The van der Waals surface area contributed by atoms with Crippen LogP contribution in [-0.2, 0) is 11.2 Å². The summed E-state index contributed by atoms with van der Waals surface area (Å²) < 4.78 is 18.6. The summed E-state index contributed by atoms with van der Waals surface area (Å²) in [5.74, 6) is 0.581. The van der Waals surface area contributed by atoms with Crippen LogP contribution in [-0.4, -0.2) is 60.2 Å². The summed E-state index contributed by atoms with van der Waals surface area (Å²) in [6.07, 6.45) is 2.10. The molecule has 1 fully saturated rings. The molecule has 2 heterocycles. The van der Waals surface area contributed by atoms with Gasteiger partial charge in [-0.3, -0.25) is 4.79 Å². The molecule has 1 unspecified atom stereocenters. The summed E-state index contributed by atoms with van der Waals surface area (Å²) in [6, 6.07) is 8.16. The zero-order valence-electron chi connectivity index (χ0n) is 16.6. The fourth-order valence-corrected chi connectivity index (χ4v) is 3.44. The minimum absolute atomic E-state index is 0.0280. The van der Waals surface area contributed by atoms with E-state index in [4.69, 9.17) is 4.74 Å². The molecule has 28 heavy (non-hydrogen) atoms. The lowest BCUT2D eigenvalue weighted by atomic mass is 9.95. The molecule has 1 aliphatic rings. The molecule has 1 amide bonds. The molecule has 7 heteroatoms. The van der Waals surface area contributed by atoms with Crippen LogP contribution >= 0.6 is 0 Å². The third kappa shape index (κ3) is 4.84. The molecule has 1 aliphatic heterocycles. The lowest BCUT2D eigenvalue weighted by Crippen LogP contribution is -2.42. The first-order valence-electron chi connectivity index (χ1n) is 9.62. The van der Waals surface area contributed by atoms with E-state index in [1.54, 1.807) is 30.1 Å². The molecule has 1 atom stereocenters. The van der Waals surface area contributed by atoms with Crippen molar-refractivity contribution in [2.24, 2.45) is 5.92 Å². The van der Waals surface area contributed by atoms with Crippen LogP contribution in [0.3, 0.4) is 0 Å². The molecule has 1 aromatic carbocycles. The molecular formula is C21H27FN4O2. The van der Waals surface area contributed by atoms with Crippen molar-refractivity contribution in [3.05, 3.63) is 53.7 Å². The highest BCUT2D eigenvalue weighted by atomic mass is 19.1. The van der Waals surface area contributed by atoms with Crippen LogP contribution in [0.5, 0.6) is 0 Å². The van der Waals surface area contributed by atoms with Crippen LogP contribution in [0.15, 0.2) is 36.7 Å². The quantitative estimate of drug-likeness (QED) is 0.764. The molecule has 0 saturated carbocycles. The predicted molar refractivity (Wildman–Crippen MR) is 106 cm³/mol. The first-order chi connectivity index (χ1) is 13.5. The number of halogens is 1. The summed E-state index contributed by atoms with van der Waals surface area (Å²) in [4.78, 5) is 25.5.